The maximum atomic E-state index is 5.37. The summed E-state index contributed by atoms with van der Waals surface area (Å²) in [6.45, 7) is 2.67. The van der Waals surface area contributed by atoms with Crippen LogP contribution in [0.2, 0.25) is 0 Å². The molecule has 0 radical (unpaired) electrons. The zero-order valence-electron chi connectivity index (χ0n) is 11.0. The lowest BCUT2D eigenvalue weighted by Crippen LogP contribution is -2.35. The zero-order valence-corrected chi connectivity index (χ0v) is 11.0. The van der Waals surface area contributed by atoms with Gasteiger partial charge in [0.05, 0.1) is 11.9 Å². The molecule has 98 valence electrons. The molecule has 0 spiro atoms. The van der Waals surface area contributed by atoms with Crippen LogP contribution in [0.3, 0.4) is 0 Å². The third-order valence-electron chi connectivity index (χ3n) is 3.76. The van der Waals surface area contributed by atoms with Crippen molar-refractivity contribution in [2.75, 3.05) is 31.6 Å². The van der Waals surface area contributed by atoms with E-state index in [0.29, 0.717) is 12.6 Å². The van der Waals surface area contributed by atoms with Crippen LogP contribution < -0.4 is 4.90 Å². The minimum absolute atomic E-state index is 0.500. The number of H-pyrrole nitrogens is 1. The Hall–Kier alpha value is -2.06. The van der Waals surface area contributed by atoms with Crippen LogP contribution in [0.1, 0.15) is 6.42 Å². The van der Waals surface area contributed by atoms with Gasteiger partial charge in [0.1, 0.15) is 17.8 Å². The molecule has 0 aliphatic carbocycles. The van der Waals surface area contributed by atoms with E-state index >= 15 is 0 Å². The van der Waals surface area contributed by atoms with E-state index in [0.717, 1.165) is 36.4 Å². The average Bonchev–Trinajstić information content (AvgIpc) is 3.07. The van der Waals surface area contributed by atoms with Gasteiger partial charge in [-0.2, -0.15) is 0 Å². The minimum atomic E-state index is 0.500. The second-order valence-corrected chi connectivity index (χ2v) is 4.94. The van der Waals surface area contributed by atoms with Crippen molar-refractivity contribution in [2.45, 2.75) is 12.5 Å². The molecular formula is C14H17N5. The fourth-order valence-corrected chi connectivity index (χ4v) is 2.68. The first kappa shape index (κ1) is 12.0. The van der Waals surface area contributed by atoms with Crippen molar-refractivity contribution in [2.24, 2.45) is 0 Å². The third kappa shape index (κ3) is 2.15. The molecule has 3 rings (SSSR count). The van der Waals surface area contributed by atoms with Crippen molar-refractivity contribution in [3.8, 4) is 12.3 Å². The number of hydrogen-bond acceptors (Lipinski definition) is 4. The molecule has 5 nitrogen and oxygen atoms in total. The maximum Gasteiger partial charge on any atom is 0.142 e. The molecule has 1 fully saturated rings. The molecule has 1 aliphatic heterocycles. The monoisotopic (exact) mass is 255 g/mol. The van der Waals surface area contributed by atoms with Gasteiger partial charge < -0.3 is 9.88 Å². The third-order valence-corrected chi connectivity index (χ3v) is 3.76. The molecule has 1 N–H and O–H groups in total. The SMILES string of the molecule is C#CCN(C)C1CCN(c2ncnc3[nH]ccc23)C1. The van der Waals surface area contributed by atoms with Crippen LogP contribution in [0.5, 0.6) is 0 Å². The van der Waals surface area contributed by atoms with Gasteiger partial charge in [-0.05, 0) is 19.5 Å². The van der Waals surface area contributed by atoms with Crippen LogP contribution in [0, 0.1) is 12.3 Å². The van der Waals surface area contributed by atoms with E-state index in [2.05, 4.69) is 37.7 Å². The van der Waals surface area contributed by atoms with Crippen molar-refractivity contribution < 1.29 is 0 Å². The molecule has 1 unspecified atom stereocenters. The first-order valence-electron chi connectivity index (χ1n) is 6.46. The van der Waals surface area contributed by atoms with Gasteiger partial charge in [0.15, 0.2) is 0 Å². The highest BCUT2D eigenvalue weighted by Crippen LogP contribution is 2.26. The van der Waals surface area contributed by atoms with Crippen molar-refractivity contribution >= 4 is 16.9 Å². The van der Waals surface area contributed by atoms with Crippen LogP contribution >= 0.6 is 0 Å². The summed E-state index contributed by atoms with van der Waals surface area (Å²) in [5.74, 6) is 3.72. The highest BCUT2D eigenvalue weighted by Gasteiger charge is 2.27. The lowest BCUT2D eigenvalue weighted by Gasteiger charge is -2.23. The highest BCUT2D eigenvalue weighted by atomic mass is 15.3. The zero-order chi connectivity index (χ0) is 13.2. The molecule has 19 heavy (non-hydrogen) atoms. The normalized spacial score (nSPS) is 19.2. The van der Waals surface area contributed by atoms with Crippen LogP contribution in [-0.2, 0) is 0 Å². The molecule has 0 amide bonds. The number of anilines is 1. The molecule has 5 heteroatoms. The molecule has 0 aromatic carbocycles. The number of hydrogen-bond donors (Lipinski definition) is 1. The molecule has 1 aliphatic rings. The predicted molar refractivity (Wildman–Crippen MR) is 76.0 cm³/mol. The molecule has 2 aromatic rings. The van der Waals surface area contributed by atoms with E-state index < -0.39 is 0 Å². The first-order valence-corrected chi connectivity index (χ1v) is 6.46. The van der Waals surface area contributed by atoms with Gasteiger partial charge in [-0.3, -0.25) is 4.90 Å². The van der Waals surface area contributed by atoms with Gasteiger partial charge >= 0.3 is 0 Å². The number of fused-ring (bicyclic) bond motifs is 1. The van der Waals surface area contributed by atoms with Gasteiger partial charge in [0.25, 0.3) is 0 Å². The molecular weight excluding hydrogens is 238 g/mol. The molecule has 1 atom stereocenters. The van der Waals surface area contributed by atoms with Gasteiger partial charge in [0.2, 0.25) is 0 Å². The Kier molecular flexibility index (Phi) is 3.10. The summed E-state index contributed by atoms with van der Waals surface area (Å²) in [6.07, 6.45) is 10.0. The largest absolute Gasteiger partial charge is 0.354 e. The number of aromatic amines is 1. The maximum absolute atomic E-state index is 5.37. The topological polar surface area (TPSA) is 48.1 Å². The van der Waals surface area contributed by atoms with Gasteiger partial charge in [-0.25, -0.2) is 9.97 Å². The summed E-state index contributed by atoms with van der Waals surface area (Å²) < 4.78 is 0. The second kappa shape index (κ2) is 4.90. The molecule has 0 bridgehead atoms. The quantitative estimate of drug-likeness (QED) is 0.834. The Labute approximate surface area is 112 Å². The van der Waals surface area contributed by atoms with E-state index in [-0.39, 0.29) is 0 Å². The summed E-state index contributed by atoms with van der Waals surface area (Å²) in [5, 5.41) is 1.09. The Balaban J connectivity index is 1.81. The number of nitrogens with zero attached hydrogens (tertiary/aromatic N) is 4. The fourth-order valence-electron chi connectivity index (χ4n) is 2.68. The van der Waals surface area contributed by atoms with Gasteiger partial charge in [-0.15, -0.1) is 6.42 Å². The Morgan fingerprint density at radius 2 is 2.47 bits per heavy atom. The van der Waals surface area contributed by atoms with Crippen LogP contribution in [-0.4, -0.2) is 52.6 Å². The first-order chi connectivity index (χ1) is 9.29. The summed E-state index contributed by atoms with van der Waals surface area (Å²) in [7, 11) is 2.08. The Bertz CT molecular complexity index is 612. The minimum Gasteiger partial charge on any atom is -0.354 e. The van der Waals surface area contributed by atoms with Crippen molar-refractivity contribution in [3.63, 3.8) is 0 Å². The summed E-state index contributed by atoms with van der Waals surface area (Å²) in [4.78, 5) is 16.3. The van der Waals surface area contributed by atoms with E-state index in [1.807, 2.05) is 12.3 Å². The van der Waals surface area contributed by atoms with Crippen molar-refractivity contribution in [1.82, 2.24) is 19.9 Å². The number of rotatable bonds is 3. The number of terminal acetylenes is 1. The smallest absolute Gasteiger partial charge is 0.142 e. The lowest BCUT2D eigenvalue weighted by atomic mass is 10.2. The number of likely N-dealkylation sites (N-methyl/N-ethyl adjacent to an activating group) is 1. The molecule has 2 aromatic heterocycles. The van der Waals surface area contributed by atoms with Crippen LogP contribution in [0.25, 0.3) is 11.0 Å². The number of nitrogens with one attached hydrogen (secondary N) is 1. The van der Waals surface area contributed by atoms with E-state index in [4.69, 9.17) is 6.42 Å². The molecule has 0 saturated carbocycles. The Morgan fingerprint density at radius 1 is 1.58 bits per heavy atom. The summed E-state index contributed by atoms with van der Waals surface area (Å²) in [5.41, 5.74) is 0.894. The number of aromatic nitrogens is 3. The summed E-state index contributed by atoms with van der Waals surface area (Å²) >= 11 is 0. The standard InChI is InChI=1S/C14H17N5/c1-3-7-18(2)11-5-8-19(9-11)14-12-4-6-15-13(12)16-10-17-14/h1,4,6,10-11H,5,7-9H2,2H3,(H,15,16,17). The van der Waals surface area contributed by atoms with Crippen LogP contribution in [0.15, 0.2) is 18.6 Å². The highest BCUT2D eigenvalue weighted by molar-refractivity contribution is 5.87. The van der Waals surface area contributed by atoms with Gasteiger partial charge in [0, 0.05) is 25.3 Å². The van der Waals surface area contributed by atoms with E-state index in [9.17, 15) is 0 Å². The van der Waals surface area contributed by atoms with Crippen LogP contribution in [0.4, 0.5) is 5.82 Å². The summed E-state index contributed by atoms with van der Waals surface area (Å²) in [6, 6.07) is 2.53. The second-order valence-electron chi connectivity index (χ2n) is 4.94. The molecule has 3 heterocycles. The lowest BCUT2D eigenvalue weighted by molar-refractivity contribution is 0.290. The van der Waals surface area contributed by atoms with E-state index in [1.54, 1.807) is 6.33 Å². The molecule has 1 saturated heterocycles. The fraction of sp³-hybridized carbons (Fsp3) is 0.429. The van der Waals surface area contributed by atoms with Crippen molar-refractivity contribution in [3.05, 3.63) is 18.6 Å². The average molecular weight is 255 g/mol. The van der Waals surface area contributed by atoms with Crippen molar-refractivity contribution in [1.29, 1.82) is 0 Å². The van der Waals surface area contributed by atoms with Gasteiger partial charge in [-0.1, -0.05) is 5.92 Å². The predicted octanol–water partition coefficient (Wildman–Crippen LogP) is 1.10. The Morgan fingerprint density at radius 3 is 3.32 bits per heavy atom. The van der Waals surface area contributed by atoms with E-state index in [1.165, 1.54) is 0 Å².